The van der Waals surface area contributed by atoms with Crippen molar-refractivity contribution in [1.29, 1.82) is 0 Å². The van der Waals surface area contributed by atoms with Crippen molar-refractivity contribution in [2.75, 3.05) is 6.61 Å². The van der Waals surface area contributed by atoms with Gasteiger partial charge in [-0.25, -0.2) is 14.1 Å². The third-order valence-electron chi connectivity index (χ3n) is 6.81. The van der Waals surface area contributed by atoms with E-state index in [1.807, 2.05) is 36.4 Å². The molecule has 1 aliphatic carbocycles. The molecule has 3 aromatic rings. The normalized spacial score (nSPS) is 23.3. The lowest BCUT2D eigenvalue weighted by atomic mass is 9.76. The molecule has 0 N–H and O–H groups in total. The maximum Gasteiger partial charge on any atom is 0.417 e. The molecule has 1 aromatic heterocycles. The summed E-state index contributed by atoms with van der Waals surface area (Å²) in [4.78, 5) is 31.0. The molecule has 6 heteroatoms. The summed E-state index contributed by atoms with van der Waals surface area (Å²) in [7, 11) is 0. The fourth-order valence-corrected chi connectivity index (χ4v) is 5.14. The van der Waals surface area contributed by atoms with Gasteiger partial charge in [0.05, 0.1) is 5.52 Å². The van der Waals surface area contributed by atoms with E-state index in [1.54, 1.807) is 18.3 Å². The highest BCUT2D eigenvalue weighted by Gasteiger charge is 2.39. The summed E-state index contributed by atoms with van der Waals surface area (Å²) in [6, 6.07) is 15.9. The molecule has 2 amide bonds. The summed E-state index contributed by atoms with van der Waals surface area (Å²) in [6.45, 7) is 0.201. The molecule has 1 aliphatic heterocycles. The molecule has 0 unspecified atom stereocenters. The van der Waals surface area contributed by atoms with E-state index < -0.39 is 6.09 Å². The first-order valence-corrected chi connectivity index (χ1v) is 11.2. The highest BCUT2D eigenvalue weighted by Crippen LogP contribution is 2.40. The Morgan fingerprint density at radius 1 is 1.06 bits per heavy atom. The summed E-state index contributed by atoms with van der Waals surface area (Å²) in [5.41, 5.74) is 2.85. The number of ether oxygens (including phenoxy) is 1. The van der Waals surface area contributed by atoms with E-state index in [-0.39, 0.29) is 30.3 Å². The van der Waals surface area contributed by atoms with Crippen LogP contribution in [0, 0.1) is 11.7 Å². The number of nitrogens with zero attached hydrogens (tertiary/aromatic N) is 2. The van der Waals surface area contributed by atoms with Gasteiger partial charge in [0, 0.05) is 18.0 Å². The molecule has 0 spiro atoms. The molecule has 2 fully saturated rings. The van der Waals surface area contributed by atoms with Crippen molar-refractivity contribution >= 4 is 22.9 Å². The molecule has 2 aliphatic rings. The molecule has 164 valence electrons. The van der Waals surface area contributed by atoms with Crippen molar-refractivity contribution in [3.05, 3.63) is 77.7 Å². The summed E-state index contributed by atoms with van der Waals surface area (Å²) in [5.74, 6) is 0.133. The number of imide groups is 1. The van der Waals surface area contributed by atoms with Crippen LogP contribution in [-0.4, -0.2) is 28.5 Å². The van der Waals surface area contributed by atoms with Crippen LogP contribution in [-0.2, 0) is 9.53 Å². The number of halogens is 1. The molecule has 5 nitrogen and oxygen atoms in total. The van der Waals surface area contributed by atoms with Crippen LogP contribution in [0.1, 0.15) is 55.2 Å². The highest BCUT2D eigenvalue weighted by atomic mass is 19.1. The minimum absolute atomic E-state index is 0.166. The second-order valence-electron chi connectivity index (χ2n) is 8.75. The molecule has 0 bridgehead atoms. The predicted molar refractivity (Wildman–Crippen MR) is 118 cm³/mol. The van der Waals surface area contributed by atoms with Crippen LogP contribution < -0.4 is 0 Å². The van der Waals surface area contributed by atoms with Gasteiger partial charge in [-0.2, -0.15) is 0 Å². The molecule has 32 heavy (non-hydrogen) atoms. The van der Waals surface area contributed by atoms with Crippen molar-refractivity contribution in [1.82, 2.24) is 9.88 Å². The van der Waals surface area contributed by atoms with Crippen LogP contribution in [0.15, 0.2) is 60.8 Å². The largest absolute Gasteiger partial charge is 0.446 e. The molecular weight excluding hydrogens is 407 g/mol. The Morgan fingerprint density at radius 2 is 1.84 bits per heavy atom. The van der Waals surface area contributed by atoms with Gasteiger partial charge in [0.1, 0.15) is 18.5 Å². The maximum atomic E-state index is 13.8. The zero-order valence-corrected chi connectivity index (χ0v) is 17.7. The van der Waals surface area contributed by atoms with Gasteiger partial charge in [-0.15, -0.1) is 0 Å². The predicted octanol–water partition coefficient (Wildman–Crippen LogP) is 5.76. The second kappa shape index (κ2) is 8.69. The van der Waals surface area contributed by atoms with Crippen molar-refractivity contribution in [3.8, 4) is 0 Å². The van der Waals surface area contributed by atoms with Gasteiger partial charge in [-0.3, -0.25) is 9.78 Å². The zero-order valence-electron chi connectivity index (χ0n) is 17.7. The van der Waals surface area contributed by atoms with Gasteiger partial charge in [-0.05, 0) is 72.9 Å². The smallest absolute Gasteiger partial charge is 0.417 e. The molecular formula is C26H25FN2O3. The molecule has 1 saturated carbocycles. The SMILES string of the molecule is O=C(CC1CCC(c2ccnc3ccc(F)cc23)CC1)N1C(=O)OC[C@H]1c1ccccc1. The van der Waals surface area contributed by atoms with Gasteiger partial charge < -0.3 is 4.74 Å². The third-order valence-corrected chi connectivity index (χ3v) is 6.81. The number of rotatable bonds is 4. The maximum absolute atomic E-state index is 13.8. The van der Waals surface area contributed by atoms with Gasteiger partial charge in [-0.1, -0.05) is 30.3 Å². The number of aromatic nitrogens is 1. The van der Waals surface area contributed by atoms with Crippen LogP contribution in [0.5, 0.6) is 0 Å². The van der Waals surface area contributed by atoms with Crippen molar-refractivity contribution in [2.45, 2.75) is 44.1 Å². The van der Waals surface area contributed by atoms with E-state index >= 15 is 0 Å². The third kappa shape index (κ3) is 3.97. The Bertz CT molecular complexity index is 1140. The minimum Gasteiger partial charge on any atom is -0.446 e. The number of carbonyl (C=O) groups is 2. The van der Waals surface area contributed by atoms with Crippen LogP contribution in [0.25, 0.3) is 10.9 Å². The van der Waals surface area contributed by atoms with E-state index in [0.29, 0.717) is 12.3 Å². The molecule has 2 heterocycles. The Morgan fingerprint density at radius 3 is 2.62 bits per heavy atom. The number of fused-ring (bicyclic) bond motifs is 1. The fourth-order valence-electron chi connectivity index (χ4n) is 5.14. The van der Waals surface area contributed by atoms with E-state index in [1.165, 1.54) is 11.0 Å². The van der Waals surface area contributed by atoms with Crippen LogP contribution in [0.4, 0.5) is 9.18 Å². The van der Waals surface area contributed by atoms with Crippen molar-refractivity contribution < 1.29 is 18.7 Å². The van der Waals surface area contributed by atoms with Gasteiger partial charge >= 0.3 is 6.09 Å². The summed E-state index contributed by atoms with van der Waals surface area (Å²) >= 11 is 0. The average molecular weight is 432 g/mol. The lowest BCUT2D eigenvalue weighted by Crippen LogP contribution is -2.35. The number of pyridine rings is 1. The van der Waals surface area contributed by atoms with E-state index in [2.05, 4.69) is 4.98 Å². The number of carbonyl (C=O) groups excluding carboxylic acids is 2. The van der Waals surface area contributed by atoms with E-state index in [9.17, 15) is 14.0 Å². The molecule has 5 rings (SSSR count). The quantitative estimate of drug-likeness (QED) is 0.526. The molecule has 1 saturated heterocycles. The number of amides is 2. The van der Waals surface area contributed by atoms with Crippen molar-refractivity contribution in [3.63, 3.8) is 0 Å². The molecule has 2 aromatic carbocycles. The first-order chi connectivity index (χ1) is 15.6. The molecule has 1 atom stereocenters. The Balaban J connectivity index is 1.25. The number of hydrogen-bond donors (Lipinski definition) is 0. The minimum atomic E-state index is -0.553. The first-order valence-electron chi connectivity index (χ1n) is 11.2. The Kier molecular flexibility index (Phi) is 5.60. The molecule has 0 radical (unpaired) electrons. The standard InChI is InChI=1S/C26H25FN2O3/c27-20-10-11-23-22(15-20)21(12-13-28-23)18-8-6-17(7-9-18)14-25(30)29-24(16-32-26(29)31)19-4-2-1-3-5-19/h1-5,10-13,15,17-18,24H,6-9,14,16H2/t17?,18?,24-/m0/s1. The number of hydrogen-bond acceptors (Lipinski definition) is 4. The Labute approximate surface area is 186 Å². The van der Waals surface area contributed by atoms with Crippen LogP contribution in [0.3, 0.4) is 0 Å². The number of benzene rings is 2. The summed E-state index contributed by atoms with van der Waals surface area (Å²) in [6.07, 6.45) is 5.23. The van der Waals surface area contributed by atoms with E-state index in [0.717, 1.165) is 47.7 Å². The zero-order chi connectivity index (χ0) is 22.1. The number of cyclic esters (lactones) is 1. The van der Waals surface area contributed by atoms with Gasteiger partial charge in [0.15, 0.2) is 0 Å². The lowest BCUT2D eigenvalue weighted by Gasteiger charge is -2.30. The topological polar surface area (TPSA) is 59.5 Å². The van der Waals surface area contributed by atoms with Crippen LogP contribution in [0.2, 0.25) is 0 Å². The lowest BCUT2D eigenvalue weighted by molar-refractivity contribution is -0.130. The monoisotopic (exact) mass is 432 g/mol. The highest BCUT2D eigenvalue weighted by molar-refractivity contribution is 5.93. The Hall–Kier alpha value is -3.28. The van der Waals surface area contributed by atoms with E-state index in [4.69, 9.17) is 4.74 Å². The average Bonchev–Trinajstić information content (AvgIpc) is 3.21. The fraction of sp³-hybridized carbons (Fsp3) is 0.346. The summed E-state index contributed by atoms with van der Waals surface area (Å²) < 4.78 is 19.0. The van der Waals surface area contributed by atoms with Crippen molar-refractivity contribution in [2.24, 2.45) is 5.92 Å². The first kappa shape index (κ1) is 20.6. The second-order valence-corrected chi connectivity index (χ2v) is 8.75. The van der Waals surface area contributed by atoms with Crippen LogP contribution >= 0.6 is 0 Å². The summed E-state index contributed by atoms with van der Waals surface area (Å²) in [5, 5.41) is 0.873. The van der Waals surface area contributed by atoms with Gasteiger partial charge in [0.2, 0.25) is 5.91 Å². The van der Waals surface area contributed by atoms with Gasteiger partial charge in [0.25, 0.3) is 0 Å².